The van der Waals surface area contributed by atoms with Gasteiger partial charge in [0.2, 0.25) is 0 Å². The van der Waals surface area contributed by atoms with Gasteiger partial charge in [-0.05, 0) is 22.4 Å². The second kappa shape index (κ2) is 6.19. The van der Waals surface area contributed by atoms with Gasteiger partial charge in [0.25, 0.3) is 10.0 Å². The summed E-state index contributed by atoms with van der Waals surface area (Å²) < 4.78 is 27.5. The first kappa shape index (κ1) is 16.7. The van der Waals surface area contributed by atoms with Crippen molar-refractivity contribution in [3.63, 3.8) is 0 Å². The zero-order chi connectivity index (χ0) is 18.3. The largest absolute Gasteiger partial charge is 0.252 e. The van der Waals surface area contributed by atoms with E-state index in [0.717, 1.165) is 14.7 Å². The second-order valence-electron chi connectivity index (χ2n) is 5.68. The van der Waals surface area contributed by atoms with Crippen LogP contribution in [0.4, 0.5) is 0 Å². The Labute approximate surface area is 154 Å². The molecule has 2 aromatic carbocycles. The van der Waals surface area contributed by atoms with E-state index < -0.39 is 15.3 Å². The Kier molecular flexibility index (Phi) is 3.97. The lowest BCUT2D eigenvalue weighted by molar-refractivity contribution is 0.582. The molecule has 0 N–H and O–H groups in total. The summed E-state index contributed by atoms with van der Waals surface area (Å²) in [6.45, 7) is 3.72. The van der Waals surface area contributed by atoms with E-state index in [1.807, 2.05) is 36.4 Å². The van der Waals surface area contributed by atoms with Crippen LogP contribution in [0.5, 0.6) is 0 Å². The molecule has 8 heteroatoms. The highest BCUT2D eigenvalue weighted by molar-refractivity contribution is 7.90. The predicted octanol–water partition coefficient (Wildman–Crippen LogP) is 3.74. The Hall–Kier alpha value is -2.77. The molecular formula is C18H13ClN4O2S. The molecular weight excluding hydrogens is 372 g/mol. The first-order valence-electron chi connectivity index (χ1n) is 7.71. The molecule has 0 saturated carbocycles. The third-order valence-electron chi connectivity index (χ3n) is 4.17. The third-order valence-corrected chi connectivity index (χ3v) is 6.37. The Morgan fingerprint density at radius 2 is 1.85 bits per heavy atom. The minimum absolute atomic E-state index is 0.102. The fourth-order valence-electron chi connectivity index (χ4n) is 2.91. The average Bonchev–Trinajstić information content (AvgIpc) is 3.08. The molecule has 1 atom stereocenters. The molecule has 2 heterocycles. The number of aromatic nitrogens is 4. The van der Waals surface area contributed by atoms with Crippen LogP contribution in [-0.4, -0.2) is 27.3 Å². The van der Waals surface area contributed by atoms with Crippen molar-refractivity contribution in [1.82, 2.24) is 18.9 Å². The van der Waals surface area contributed by atoms with Crippen LogP contribution in [0.15, 0.2) is 67.8 Å². The minimum atomic E-state index is -3.89. The van der Waals surface area contributed by atoms with E-state index in [-0.39, 0.29) is 16.3 Å². The van der Waals surface area contributed by atoms with Gasteiger partial charge in [-0.3, -0.25) is 0 Å². The van der Waals surface area contributed by atoms with Crippen LogP contribution in [0.1, 0.15) is 10.8 Å². The van der Waals surface area contributed by atoms with Gasteiger partial charge in [-0.1, -0.05) is 54.1 Å². The molecule has 0 bridgehead atoms. The molecule has 0 aliphatic carbocycles. The maximum absolute atomic E-state index is 13.2. The second-order valence-corrected chi connectivity index (χ2v) is 7.97. The van der Waals surface area contributed by atoms with Gasteiger partial charge in [0.15, 0.2) is 10.8 Å². The highest BCUT2D eigenvalue weighted by Crippen LogP contribution is 2.30. The highest BCUT2D eigenvalue weighted by atomic mass is 35.5. The number of imidazole rings is 1. The van der Waals surface area contributed by atoms with Crippen molar-refractivity contribution in [2.24, 2.45) is 0 Å². The van der Waals surface area contributed by atoms with E-state index in [4.69, 9.17) is 11.6 Å². The van der Waals surface area contributed by atoms with Crippen molar-refractivity contribution in [3.05, 3.63) is 78.5 Å². The van der Waals surface area contributed by atoms with Gasteiger partial charge in [0.05, 0.1) is 0 Å². The van der Waals surface area contributed by atoms with Crippen LogP contribution in [0.2, 0.25) is 5.15 Å². The van der Waals surface area contributed by atoms with Crippen molar-refractivity contribution in [1.29, 1.82) is 0 Å². The molecule has 0 radical (unpaired) electrons. The van der Waals surface area contributed by atoms with Gasteiger partial charge in [0.1, 0.15) is 23.4 Å². The van der Waals surface area contributed by atoms with Gasteiger partial charge in [-0.15, -0.1) is 6.58 Å². The zero-order valence-electron chi connectivity index (χ0n) is 13.4. The highest BCUT2D eigenvalue weighted by Gasteiger charge is 2.29. The van der Waals surface area contributed by atoms with Gasteiger partial charge < -0.3 is 0 Å². The van der Waals surface area contributed by atoms with Crippen molar-refractivity contribution < 1.29 is 8.42 Å². The summed E-state index contributed by atoms with van der Waals surface area (Å²) in [5.74, 6) is 0. The Bertz CT molecular complexity index is 1250. The van der Waals surface area contributed by atoms with Crippen molar-refractivity contribution in [2.45, 2.75) is 5.25 Å². The molecule has 1 unspecified atom stereocenters. The van der Waals surface area contributed by atoms with Gasteiger partial charge in [-0.25, -0.2) is 27.3 Å². The SMILES string of the molecule is C=CC(c1ccc2ccccc2c1)S(=O)(=O)n1cnc2c(Cl)ncnc21. The number of fused-ring (bicyclic) bond motifs is 2. The van der Waals surface area contributed by atoms with Crippen LogP contribution in [-0.2, 0) is 10.0 Å². The number of hydrogen-bond donors (Lipinski definition) is 0. The van der Waals surface area contributed by atoms with Crippen molar-refractivity contribution in [2.75, 3.05) is 0 Å². The van der Waals surface area contributed by atoms with Crippen LogP contribution >= 0.6 is 11.6 Å². The maximum atomic E-state index is 13.2. The molecule has 0 spiro atoms. The summed E-state index contributed by atoms with van der Waals surface area (Å²) in [5, 5.41) is 1.13. The van der Waals surface area contributed by atoms with E-state index >= 15 is 0 Å². The molecule has 26 heavy (non-hydrogen) atoms. The summed E-state index contributed by atoms with van der Waals surface area (Å²) in [6, 6.07) is 13.3. The molecule has 0 saturated heterocycles. The fraction of sp³-hybridized carbons (Fsp3) is 0.0556. The molecule has 4 aromatic rings. The average molecular weight is 385 g/mol. The summed E-state index contributed by atoms with van der Waals surface area (Å²) >= 11 is 5.97. The fourth-order valence-corrected chi connectivity index (χ4v) is 4.62. The Morgan fingerprint density at radius 1 is 1.08 bits per heavy atom. The number of rotatable bonds is 4. The molecule has 2 aromatic heterocycles. The molecule has 0 aliphatic heterocycles. The molecule has 4 rings (SSSR count). The normalized spacial score (nSPS) is 13.1. The molecule has 130 valence electrons. The van der Waals surface area contributed by atoms with E-state index in [1.165, 1.54) is 18.7 Å². The zero-order valence-corrected chi connectivity index (χ0v) is 15.0. The van der Waals surface area contributed by atoms with Crippen LogP contribution < -0.4 is 0 Å². The molecule has 0 fully saturated rings. The summed E-state index contributed by atoms with van der Waals surface area (Å²) in [4.78, 5) is 11.9. The van der Waals surface area contributed by atoms with E-state index in [9.17, 15) is 8.42 Å². The molecule has 0 amide bonds. The quantitative estimate of drug-likeness (QED) is 0.395. The smallest absolute Gasteiger partial charge is 0.231 e. The van der Waals surface area contributed by atoms with Crippen LogP contribution in [0.25, 0.3) is 21.9 Å². The first-order valence-corrected chi connectivity index (χ1v) is 9.59. The molecule has 0 aliphatic rings. The molecule has 6 nitrogen and oxygen atoms in total. The number of hydrogen-bond acceptors (Lipinski definition) is 5. The lowest BCUT2D eigenvalue weighted by Gasteiger charge is -2.16. The number of nitrogens with zero attached hydrogens (tertiary/aromatic N) is 4. The lowest BCUT2D eigenvalue weighted by atomic mass is 10.1. The number of benzene rings is 2. The van der Waals surface area contributed by atoms with E-state index in [0.29, 0.717) is 5.56 Å². The van der Waals surface area contributed by atoms with Crippen LogP contribution in [0, 0.1) is 0 Å². The van der Waals surface area contributed by atoms with Crippen molar-refractivity contribution >= 4 is 43.6 Å². The first-order chi connectivity index (χ1) is 12.5. The lowest BCUT2D eigenvalue weighted by Crippen LogP contribution is -2.19. The van der Waals surface area contributed by atoms with Gasteiger partial charge in [-0.2, -0.15) is 0 Å². The summed E-state index contributed by atoms with van der Waals surface area (Å²) in [5.41, 5.74) is 0.984. The maximum Gasteiger partial charge on any atom is 0.252 e. The summed E-state index contributed by atoms with van der Waals surface area (Å²) in [7, 11) is -3.89. The number of halogens is 1. The van der Waals surface area contributed by atoms with Gasteiger partial charge in [0, 0.05) is 0 Å². The topological polar surface area (TPSA) is 77.7 Å². The van der Waals surface area contributed by atoms with E-state index in [1.54, 1.807) is 6.07 Å². The third kappa shape index (κ3) is 2.56. The Balaban J connectivity index is 1.88. The van der Waals surface area contributed by atoms with Gasteiger partial charge >= 0.3 is 0 Å². The predicted molar refractivity (Wildman–Crippen MR) is 102 cm³/mol. The van der Waals surface area contributed by atoms with E-state index in [2.05, 4.69) is 21.5 Å². The monoisotopic (exact) mass is 384 g/mol. The van der Waals surface area contributed by atoms with Crippen molar-refractivity contribution in [3.8, 4) is 0 Å². The minimum Gasteiger partial charge on any atom is -0.231 e. The Morgan fingerprint density at radius 3 is 2.62 bits per heavy atom. The standard InChI is InChI=1S/C18H13ClN4O2S/c1-2-15(14-8-7-12-5-3-4-6-13(12)9-14)26(24,25)23-11-22-16-17(19)20-10-21-18(16)23/h2-11,15H,1H2. The summed E-state index contributed by atoms with van der Waals surface area (Å²) in [6.07, 6.45) is 3.80. The van der Waals surface area contributed by atoms with Crippen LogP contribution in [0.3, 0.4) is 0 Å².